The predicted octanol–water partition coefficient (Wildman–Crippen LogP) is 0.830. The van der Waals surface area contributed by atoms with Gasteiger partial charge < -0.3 is 10.5 Å². The first-order chi connectivity index (χ1) is 8.40. The molecule has 6 nitrogen and oxygen atoms in total. The smallest absolute Gasteiger partial charge is 0.348 e. The molecule has 0 saturated heterocycles. The highest BCUT2D eigenvalue weighted by atomic mass is 35.5. The highest BCUT2D eigenvalue weighted by Gasteiger charge is 2.28. The van der Waals surface area contributed by atoms with Crippen molar-refractivity contribution in [3.05, 3.63) is 39.9 Å². The van der Waals surface area contributed by atoms with Gasteiger partial charge in [0.2, 0.25) is 0 Å². The number of rotatable bonds is 2. The van der Waals surface area contributed by atoms with Gasteiger partial charge in [0.1, 0.15) is 11.3 Å². The maximum atomic E-state index is 11.6. The summed E-state index contributed by atoms with van der Waals surface area (Å²) in [5.74, 6) is -0.665. The van der Waals surface area contributed by atoms with Gasteiger partial charge in [0.15, 0.2) is 5.03 Å². The Balaban J connectivity index is 2.22. The highest BCUT2D eigenvalue weighted by molar-refractivity contribution is 7.94. The zero-order chi connectivity index (χ0) is 13.3. The first kappa shape index (κ1) is 12.6. The van der Waals surface area contributed by atoms with E-state index in [1.165, 1.54) is 24.3 Å². The van der Waals surface area contributed by atoms with E-state index in [4.69, 9.17) is 22.1 Å². The second-order valence-electron chi connectivity index (χ2n) is 3.33. The zero-order valence-corrected chi connectivity index (χ0v) is 10.4. The zero-order valence-electron chi connectivity index (χ0n) is 8.83. The van der Waals surface area contributed by atoms with Gasteiger partial charge in [-0.25, -0.2) is 4.79 Å². The molecule has 8 heteroatoms. The Bertz CT molecular complexity index is 662. The van der Waals surface area contributed by atoms with Crippen LogP contribution in [-0.4, -0.2) is 20.6 Å². The summed E-state index contributed by atoms with van der Waals surface area (Å²) >= 11 is 5.67. The fourth-order valence-corrected chi connectivity index (χ4v) is 2.10. The number of nitrogens with two attached hydrogens (primary N) is 1. The Hall–Kier alpha value is -1.86. The standard InChI is InChI=1S/C10H7ClN2O4S/c11-6-1-3-7(4-2-6)17-10(14)8-5-13-18(15,16)9(8)12/h1-5H,12H2. The van der Waals surface area contributed by atoms with Gasteiger partial charge in [-0.15, -0.1) is 0 Å². The number of halogens is 1. The van der Waals surface area contributed by atoms with E-state index < -0.39 is 21.0 Å². The Morgan fingerprint density at radius 1 is 1.28 bits per heavy atom. The summed E-state index contributed by atoms with van der Waals surface area (Å²) in [6.45, 7) is 0. The average molecular weight is 287 g/mol. The van der Waals surface area contributed by atoms with Gasteiger partial charge >= 0.3 is 5.97 Å². The lowest BCUT2D eigenvalue weighted by molar-refractivity contribution is -0.129. The topological polar surface area (TPSA) is 98.8 Å². The number of esters is 1. The number of carbonyl (C=O) groups excluding carboxylic acids is 1. The lowest BCUT2D eigenvalue weighted by Crippen LogP contribution is -2.17. The van der Waals surface area contributed by atoms with Crippen LogP contribution < -0.4 is 10.5 Å². The maximum absolute atomic E-state index is 11.6. The molecule has 0 unspecified atom stereocenters. The van der Waals surface area contributed by atoms with E-state index in [0.717, 1.165) is 6.21 Å². The van der Waals surface area contributed by atoms with E-state index in [1.807, 2.05) is 0 Å². The van der Waals surface area contributed by atoms with Crippen LogP contribution in [0.2, 0.25) is 5.02 Å². The number of sulfonamides is 1. The van der Waals surface area contributed by atoms with Crippen molar-refractivity contribution >= 4 is 33.8 Å². The second kappa shape index (κ2) is 4.43. The van der Waals surface area contributed by atoms with Gasteiger partial charge in [0.25, 0.3) is 10.0 Å². The molecule has 0 bridgehead atoms. The third kappa shape index (κ3) is 2.36. The first-order valence-electron chi connectivity index (χ1n) is 4.68. The Morgan fingerprint density at radius 3 is 2.39 bits per heavy atom. The number of carbonyl (C=O) groups is 1. The molecule has 2 N–H and O–H groups in total. The van der Waals surface area contributed by atoms with Crippen molar-refractivity contribution in [3.63, 3.8) is 0 Å². The number of hydrogen-bond acceptors (Lipinski definition) is 5. The fourth-order valence-electron chi connectivity index (χ4n) is 1.20. The number of ether oxygens (including phenoxy) is 1. The molecule has 94 valence electrons. The van der Waals surface area contributed by atoms with Crippen LogP contribution in [0.3, 0.4) is 0 Å². The molecular formula is C10H7ClN2O4S. The van der Waals surface area contributed by atoms with Crippen molar-refractivity contribution in [2.45, 2.75) is 0 Å². The van der Waals surface area contributed by atoms with Crippen molar-refractivity contribution < 1.29 is 17.9 Å². The van der Waals surface area contributed by atoms with Gasteiger partial charge in [-0.1, -0.05) is 11.6 Å². The molecule has 0 aliphatic carbocycles. The molecule has 0 radical (unpaired) electrons. The van der Waals surface area contributed by atoms with Crippen LogP contribution in [0.25, 0.3) is 0 Å². The minimum atomic E-state index is -3.91. The molecule has 0 amide bonds. The average Bonchev–Trinajstić information content (AvgIpc) is 2.58. The SMILES string of the molecule is NC1=C(C(=O)Oc2ccc(Cl)cc2)C=NS1(=O)=O. The normalized spacial score (nSPS) is 16.9. The molecule has 0 saturated carbocycles. The van der Waals surface area contributed by atoms with Gasteiger partial charge in [-0.05, 0) is 24.3 Å². The first-order valence-corrected chi connectivity index (χ1v) is 6.50. The number of hydrogen-bond donors (Lipinski definition) is 1. The molecule has 1 heterocycles. The Morgan fingerprint density at radius 2 is 1.89 bits per heavy atom. The van der Waals surface area contributed by atoms with Crippen LogP contribution in [0, 0.1) is 0 Å². The van der Waals surface area contributed by atoms with Crippen molar-refractivity contribution in [3.8, 4) is 5.75 Å². The van der Waals surface area contributed by atoms with Gasteiger partial charge in [0, 0.05) is 5.02 Å². The second-order valence-corrected chi connectivity index (χ2v) is 5.37. The summed E-state index contributed by atoms with van der Waals surface area (Å²) < 4.78 is 30.4. The van der Waals surface area contributed by atoms with Crippen molar-refractivity contribution in [1.29, 1.82) is 0 Å². The summed E-state index contributed by atoms with van der Waals surface area (Å²) in [5, 5.41) is -0.125. The summed E-state index contributed by atoms with van der Waals surface area (Å²) in [6.07, 6.45) is 0.864. The lowest BCUT2D eigenvalue weighted by atomic mass is 10.3. The van der Waals surface area contributed by atoms with E-state index in [9.17, 15) is 13.2 Å². The van der Waals surface area contributed by atoms with Crippen LogP contribution in [0.4, 0.5) is 0 Å². The summed E-state index contributed by atoms with van der Waals surface area (Å²) in [6, 6.07) is 6.00. The predicted molar refractivity (Wildman–Crippen MR) is 65.7 cm³/mol. The highest BCUT2D eigenvalue weighted by Crippen LogP contribution is 2.19. The maximum Gasteiger partial charge on any atom is 0.348 e. The third-order valence-corrected chi connectivity index (χ3v) is 3.52. The van der Waals surface area contributed by atoms with Gasteiger partial charge in [0.05, 0.1) is 6.21 Å². The Labute approximate surface area is 108 Å². The van der Waals surface area contributed by atoms with Crippen LogP contribution in [0.5, 0.6) is 5.75 Å². The van der Waals surface area contributed by atoms with E-state index >= 15 is 0 Å². The van der Waals surface area contributed by atoms with E-state index in [-0.39, 0.29) is 11.3 Å². The molecule has 0 fully saturated rings. The molecule has 0 spiro atoms. The lowest BCUT2D eigenvalue weighted by Gasteiger charge is -2.03. The van der Waals surface area contributed by atoms with Gasteiger partial charge in [-0.3, -0.25) is 0 Å². The van der Waals surface area contributed by atoms with Crippen LogP contribution in [0.15, 0.2) is 39.3 Å². The fraction of sp³-hybridized carbons (Fsp3) is 0. The minimum Gasteiger partial charge on any atom is -0.423 e. The van der Waals surface area contributed by atoms with E-state index in [1.54, 1.807) is 0 Å². The molecule has 1 aromatic rings. The quantitative estimate of drug-likeness (QED) is 0.641. The van der Waals surface area contributed by atoms with Crippen molar-refractivity contribution in [1.82, 2.24) is 0 Å². The molecule has 0 aromatic heterocycles. The Kier molecular flexibility index (Phi) is 3.10. The number of benzene rings is 1. The molecule has 1 aliphatic rings. The monoisotopic (exact) mass is 286 g/mol. The largest absolute Gasteiger partial charge is 0.423 e. The van der Waals surface area contributed by atoms with Crippen molar-refractivity contribution in [2.24, 2.45) is 10.1 Å². The van der Waals surface area contributed by atoms with Crippen LogP contribution in [0.1, 0.15) is 0 Å². The van der Waals surface area contributed by atoms with E-state index in [0.29, 0.717) is 5.02 Å². The van der Waals surface area contributed by atoms with E-state index in [2.05, 4.69) is 4.40 Å². The van der Waals surface area contributed by atoms with Crippen LogP contribution >= 0.6 is 11.6 Å². The molecule has 1 aromatic carbocycles. The molecule has 1 aliphatic heterocycles. The minimum absolute atomic E-state index is 0.224. The molecule has 0 atom stereocenters. The van der Waals surface area contributed by atoms with Gasteiger partial charge in [-0.2, -0.15) is 12.8 Å². The summed E-state index contributed by atoms with van der Waals surface area (Å²) in [5.41, 5.74) is 4.99. The molecule has 18 heavy (non-hydrogen) atoms. The third-order valence-electron chi connectivity index (χ3n) is 2.11. The molecule has 2 rings (SSSR count). The van der Waals surface area contributed by atoms with Crippen molar-refractivity contribution in [2.75, 3.05) is 0 Å². The summed E-state index contributed by atoms with van der Waals surface area (Å²) in [7, 11) is -3.91. The van der Waals surface area contributed by atoms with Crippen LogP contribution in [-0.2, 0) is 14.8 Å². The molecular weight excluding hydrogens is 280 g/mol. The summed E-state index contributed by atoms with van der Waals surface area (Å²) in [4.78, 5) is 11.6. The number of nitrogens with zero attached hydrogens (tertiary/aromatic N) is 1.